The molecule has 2 heterocycles. The van der Waals surface area contributed by atoms with Crippen LogP contribution in [-0.2, 0) is 6.42 Å². The molecule has 1 unspecified atom stereocenters. The maximum absolute atomic E-state index is 6.17. The first kappa shape index (κ1) is 10.5. The first-order chi connectivity index (χ1) is 8.36. The third-order valence-corrected chi connectivity index (χ3v) is 3.39. The van der Waals surface area contributed by atoms with Gasteiger partial charge in [-0.3, -0.25) is 4.98 Å². The zero-order valence-corrected chi connectivity index (χ0v) is 9.71. The third-order valence-electron chi connectivity index (χ3n) is 3.39. The highest BCUT2D eigenvalue weighted by molar-refractivity contribution is 5.35. The van der Waals surface area contributed by atoms with Crippen LogP contribution in [0.1, 0.15) is 36.6 Å². The molecule has 0 radical (unpaired) electrons. The summed E-state index contributed by atoms with van der Waals surface area (Å²) in [5.41, 5.74) is 9.71. The molecule has 0 aliphatic heterocycles. The van der Waals surface area contributed by atoms with Crippen LogP contribution in [-0.4, -0.2) is 14.8 Å². The van der Waals surface area contributed by atoms with Gasteiger partial charge in [-0.05, 0) is 31.4 Å². The lowest BCUT2D eigenvalue weighted by Crippen LogP contribution is -2.10. The maximum Gasteiger partial charge on any atom is 0.0679 e. The standard InChI is InChI=1S/C13H16N4/c14-12-3-1-2-4-13-11(12)9-16-17(13)10-5-7-15-8-6-10/h5-9,12H,1-4,14H2. The number of aromatic nitrogens is 3. The number of hydrogen-bond acceptors (Lipinski definition) is 3. The summed E-state index contributed by atoms with van der Waals surface area (Å²) >= 11 is 0. The predicted molar refractivity (Wildman–Crippen MR) is 65.8 cm³/mol. The lowest BCUT2D eigenvalue weighted by atomic mass is 10.1. The largest absolute Gasteiger partial charge is 0.324 e. The van der Waals surface area contributed by atoms with Crippen molar-refractivity contribution in [3.63, 3.8) is 0 Å². The molecule has 0 fully saturated rings. The molecule has 0 saturated carbocycles. The van der Waals surface area contributed by atoms with Crippen LogP contribution in [0.15, 0.2) is 30.7 Å². The van der Waals surface area contributed by atoms with E-state index in [1.54, 1.807) is 12.4 Å². The van der Waals surface area contributed by atoms with Crippen LogP contribution >= 0.6 is 0 Å². The van der Waals surface area contributed by atoms with E-state index in [2.05, 4.69) is 10.1 Å². The molecule has 1 atom stereocenters. The minimum Gasteiger partial charge on any atom is -0.324 e. The molecule has 88 valence electrons. The Morgan fingerprint density at radius 2 is 2.06 bits per heavy atom. The van der Waals surface area contributed by atoms with Crippen LogP contribution in [0.4, 0.5) is 0 Å². The SMILES string of the molecule is NC1CCCCc2c1cnn2-c1ccncc1. The van der Waals surface area contributed by atoms with Crippen molar-refractivity contribution < 1.29 is 0 Å². The second-order valence-electron chi connectivity index (χ2n) is 4.52. The smallest absolute Gasteiger partial charge is 0.0679 e. The van der Waals surface area contributed by atoms with Crippen molar-refractivity contribution >= 4 is 0 Å². The molecule has 0 bridgehead atoms. The fourth-order valence-electron chi connectivity index (χ4n) is 2.47. The summed E-state index contributed by atoms with van der Waals surface area (Å²) in [6, 6.07) is 4.09. The van der Waals surface area contributed by atoms with E-state index < -0.39 is 0 Å². The van der Waals surface area contributed by atoms with E-state index in [1.807, 2.05) is 23.0 Å². The Hall–Kier alpha value is -1.68. The van der Waals surface area contributed by atoms with Crippen molar-refractivity contribution in [3.05, 3.63) is 42.0 Å². The summed E-state index contributed by atoms with van der Waals surface area (Å²) < 4.78 is 2.00. The van der Waals surface area contributed by atoms with E-state index in [4.69, 9.17) is 5.73 Å². The van der Waals surface area contributed by atoms with Gasteiger partial charge >= 0.3 is 0 Å². The van der Waals surface area contributed by atoms with E-state index in [9.17, 15) is 0 Å². The van der Waals surface area contributed by atoms with Crippen molar-refractivity contribution in [1.29, 1.82) is 0 Å². The van der Waals surface area contributed by atoms with E-state index in [-0.39, 0.29) is 6.04 Å². The quantitative estimate of drug-likeness (QED) is 0.759. The van der Waals surface area contributed by atoms with Crippen LogP contribution < -0.4 is 5.73 Å². The number of nitrogens with two attached hydrogens (primary N) is 1. The van der Waals surface area contributed by atoms with Crippen LogP contribution in [0.25, 0.3) is 5.69 Å². The van der Waals surface area contributed by atoms with Gasteiger partial charge in [0.25, 0.3) is 0 Å². The maximum atomic E-state index is 6.17. The van der Waals surface area contributed by atoms with E-state index in [0.29, 0.717) is 0 Å². The molecule has 2 aromatic rings. The average Bonchev–Trinajstić information content (AvgIpc) is 2.71. The number of nitrogens with zero attached hydrogens (tertiary/aromatic N) is 3. The fourth-order valence-corrected chi connectivity index (χ4v) is 2.47. The molecule has 2 N–H and O–H groups in total. The van der Waals surface area contributed by atoms with Gasteiger partial charge in [-0.25, -0.2) is 4.68 Å². The summed E-state index contributed by atoms with van der Waals surface area (Å²) in [5.74, 6) is 0. The Labute approximate surface area is 100 Å². The molecule has 4 heteroatoms. The summed E-state index contributed by atoms with van der Waals surface area (Å²) in [7, 11) is 0. The molecule has 0 saturated heterocycles. The van der Waals surface area contributed by atoms with Crippen molar-refractivity contribution in [2.45, 2.75) is 31.7 Å². The van der Waals surface area contributed by atoms with Gasteiger partial charge in [0.05, 0.1) is 11.9 Å². The molecule has 2 aromatic heterocycles. The topological polar surface area (TPSA) is 56.7 Å². The van der Waals surface area contributed by atoms with Crippen LogP contribution in [0.2, 0.25) is 0 Å². The molecule has 3 rings (SSSR count). The molecular formula is C13H16N4. The van der Waals surface area contributed by atoms with E-state index in [0.717, 1.165) is 18.5 Å². The summed E-state index contributed by atoms with van der Waals surface area (Å²) in [4.78, 5) is 4.03. The minimum atomic E-state index is 0.142. The van der Waals surface area contributed by atoms with E-state index in [1.165, 1.54) is 24.1 Å². The Bertz CT molecular complexity index is 503. The highest BCUT2D eigenvalue weighted by atomic mass is 15.3. The van der Waals surface area contributed by atoms with Gasteiger partial charge in [-0.2, -0.15) is 5.10 Å². The second kappa shape index (κ2) is 4.30. The van der Waals surface area contributed by atoms with Crippen molar-refractivity contribution in [3.8, 4) is 5.69 Å². The lowest BCUT2D eigenvalue weighted by molar-refractivity contribution is 0.611. The average molecular weight is 228 g/mol. The predicted octanol–water partition coefficient (Wildman–Crippen LogP) is 1.99. The monoisotopic (exact) mass is 228 g/mol. The summed E-state index contributed by atoms with van der Waals surface area (Å²) in [6.07, 6.45) is 10.0. The Morgan fingerprint density at radius 3 is 2.88 bits per heavy atom. The fraction of sp³-hybridized carbons (Fsp3) is 0.385. The van der Waals surface area contributed by atoms with Gasteiger partial charge in [-0.1, -0.05) is 6.42 Å². The first-order valence-electron chi connectivity index (χ1n) is 6.09. The van der Waals surface area contributed by atoms with Crippen LogP contribution in [0.3, 0.4) is 0 Å². The number of fused-ring (bicyclic) bond motifs is 1. The Morgan fingerprint density at radius 1 is 1.24 bits per heavy atom. The molecule has 0 aromatic carbocycles. The van der Waals surface area contributed by atoms with E-state index >= 15 is 0 Å². The minimum absolute atomic E-state index is 0.142. The normalized spacial score (nSPS) is 19.7. The molecule has 0 spiro atoms. The zero-order valence-electron chi connectivity index (χ0n) is 9.71. The van der Waals surface area contributed by atoms with Gasteiger partial charge in [0, 0.05) is 29.7 Å². The second-order valence-corrected chi connectivity index (χ2v) is 4.52. The van der Waals surface area contributed by atoms with Gasteiger partial charge in [0.2, 0.25) is 0 Å². The zero-order chi connectivity index (χ0) is 11.7. The highest BCUT2D eigenvalue weighted by Crippen LogP contribution is 2.28. The highest BCUT2D eigenvalue weighted by Gasteiger charge is 2.20. The van der Waals surface area contributed by atoms with Crippen molar-refractivity contribution in [2.24, 2.45) is 5.73 Å². The number of pyridine rings is 1. The Kier molecular flexibility index (Phi) is 2.65. The van der Waals surface area contributed by atoms with Crippen molar-refractivity contribution in [1.82, 2.24) is 14.8 Å². The lowest BCUT2D eigenvalue weighted by Gasteiger charge is -2.09. The third kappa shape index (κ3) is 1.85. The molecule has 0 amide bonds. The van der Waals surface area contributed by atoms with Gasteiger partial charge in [0.15, 0.2) is 0 Å². The molecule has 1 aliphatic rings. The van der Waals surface area contributed by atoms with Crippen LogP contribution in [0, 0.1) is 0 Å². The molecule has 4 nitrogen and oxygen atoms in total. The van der Waals surface area contributed by atoms with Crippen LogP contribution in [0.5, 0.6) is 0 Å². The van der Waals surface area contributed by atoms with Gasteiger partial charge < -0.3 is 5.73 Å². The Balaban J connectivity index is 2.08. The van der Waals surface area contributed by atoms with Gasteiger partial charge in [0.1, 0.15) is 0 Å². The first-order valence-corrected chi connectivity index (χ1v) is 6.09. The number of rotatable bonds is 1. The molecular weight excluding hydrogens is 212 g/mol. The summed E-state index contributed by atoms with van der Waals surface area (Å²) in [5, 5.41) is 4.47. The van der Waals surface area contributed by atoms with Crippen molar-refractivity contribution in [2.75, 3.05) is 0 Å². The molecule has 17 heavy (non-hydrogen) atoms. The summed E-state index contributed by atoms with van der Waals surface area (Å²) in [6.45, 7) is 0. The number of hydrogen-bond donors (Lipinski definition) is 1. The van der Waals surface area contributed by atoms with Gasteiger partial charge in [-0.15, -0.1) is 0 Å². The molecule has 1 aliphatic carbocycles.